The summed E-state index contributed by atoms with van der Waals surface area (Å²) in [5.74, 6) is -1.67. The van der Waals surface area contributed by atoms with Gasteiger partial charge in [-0.15, -0.1) is 0 Å². The van der Waals surface area contributed by atoms with Gasteiger partial charge in [-0.1, -0.05) is 11.6 Å². The van der Waals surface area contributed by atoms with Crippen molar-refractivity contribution in [2.24, 2.45) is 0 Å². The number of alkyl halides is 1. The van der Waals surface area contributed by atoms with Crippen LogP contribution < -0.4 is 0 Å². The molecule has 1 saturated heterocycles. The van der Waals surface area contributed by atoms with Gasteiger partial charge < -0.3 is 10.0 Å². The van der Waals surface area contributed by atoms with Crippen LogP contribution in [0.5, 0.6) is 0 Å². The third-order valence-electron chi connectivity index (χ3n) is 2.06. The monoisotopic (exact) mass is 219 g/mol. The Morgan fingerprint density at radius 3 is 2.64 bits per heavy atom. The number of nitrogens with zero attached hydrogens (tertiary/aromatic N) is 1. The minimum atomic E-state index is -1.36. The lowest BCUT2D eigenvalue weighted by atomic mass is 9.97. The number of β-lactam (4-membered cyclic amide) rings is 1. The molecular formula is C8H10ClNO4. The Morgan fingerprint density at radius 1 is 1.71 bits per heavy atom. The summed E-state index contributed by atoms with van der Waals surface area (Å²) < 4.78 is 0. The summed E-state index contributed by atoms with van der Waals surface area (Å²) in [6.07, 6.45) is 0.373. The SMILES string of the molecule is CC(=O)C[C@@H]1CC(=O)N1C(Cl)C(=O)O. The number of ketones is 1. The van der Waals surface area contributed by atoms with Gasteiger partial charge >= 0.3 is 5.97 Å². The van der Waals surface area contributed by atoms with E-state index < -0.39 is 11.5 Å². The molecule has 6 heteroatoms. The molecule has 0 spiro atoms. The predicted molar refractivity (Wildman–Crippen MR) is 47.8 cm³/mol. The number of halogens is 1. The van der Waals surface area contributed by atoms with E-state index in [0.717, 1.165) is 4.90 Å². The van der Waals surface area contributed by atoms with Gasteiger partial charge in [-0.2, -0.15) is 0 Å². The number of carbonyl (C=O) groups excluding carboxylic acids is 2. The van der Waals surface area contributed by atoms with Crippen LogP contribution >= 0.6 is 11.6 Å². The predicted octanol–water partition coefficient (Wildman–Crippen LogP) is 0.216. The molecule has 5 nitrogen and oxygen atoms in total. The molecule has 1 unspecified atom stereocenters. The zero-order chi connectivity index (χ0) is 10.9. The standard InChI is InChI=1S/C8H10ClNO4/c1-4(11)2-5-3-6(12)10(5)7(9)8(13)14/h5,7H,2-3H2,1H3,(H,13,14)/t5-,7?/m1/s1. The van der Waals surface area contributed by atoms with Gasteiger partial charge in [0, 0.05) is 18.9 Å². The minimum absolute atomic E-state index is 0.0817. The number of hydrogen-bond donors (Lipinski definition) is 1. The van der Waals surface area contributed by atoms with Crippen LogP contribution in [0.15, 0.2) is 0 Å². The van der Waals surface area contributed by atoms with E-state index in [2.05, 4.69) is 0 Å². The van der Waals surface area contributed by atoms with E-state index in [1.807, 2.05) is 0 Å². The van der Waals surface area contributed by atoms with Gasteiger partial charge in [0.2, 0.25) is 11.4 Å². The Labute approximate surface area is 85.6 Å². The van der Waals surface area contributed by atoms with Crippen LogP contribution in [0.1, 0.15) is 19.8 Å². The Balaban J connectivity index is 2.61. The first-order chi connectivity index (χ1) is 6.43. The van der Waals surface area contributed by atoms with E-state index >= 15 is 0 Å². The smallest absolute Gasteiger partial charge is 0.342 e. The first-order valence-corrected chi connectivity index (χ1v) is 4.54. The lowest BCUT2D eigenvalue weighted by molar-refractivity contribution is -0.158. The first kappa shape index (κ1) is 11.0. The van der Waals surface area contributed by atoms with Crippen LogP contribution in [0.4, 0.5) is 0 Å². The maximum Gasteiger partial charge on any atom is 0.342 e. The number of Topliss-reactive ketones (excluding diaryl/α,β-unsaturated/α-hetero) is 1. The maximum atomic E-state index is 11.0. The summed E-state index contributed by atoms with van der Waals surface area (Å²) >= 11 is 5.48. The summed E-state index contributed by atoms with van der Waals surface area (Å²) in [6.45, 7) is 1.39. The molecule has 0 saturated carbocycles. The summed E-state index contributed by atoms with van der Waals surface area (Å²) in [6, 6.07) is -0.349. The van der Waals surface area contributed by atoms with Crippen molar-refractivity contribution in [2.45, 2.75) is 31.3 Å². The lowest BCUT2D eigenvalue weighted by Gasteiger charge is -2.41. The molecule has 0 aromatic carbocycles. The molecule has 0 aromatic heterocycles. The zero-order valence-corrected chi connectivity index (χ0v) is 8.32. The number of carboxylic acids is 1. The topological polar surface area (TPSA) is 74.7 Å². The van der Waals surface area contributed by atoms with Gasteiger partial charge in [-0.3, -0.25) is 9.59 Å². The summed E-state index contributed by atoms with van der Waals surface area (Å²) in [4.78, 5) is 33.3. The molecule has 0 bridgehead atoms. The Hall–Kier alpha value is -1.10. The highest BCUT2D eigenvalue weighted by atomic mass is 35.5. The number of hydrogen-bond acceptors (Lipinski definition) is 3. The quantitative estimate of drug-likeness (QED) is 0.417. The number of carbonyl (C=O) groups is 3. The largest absolute Gasteiger partial charge is 0.479 e. The highest BCUT2D eigenvalue weighted by Crippen LogP contribution is 2.26. The summed E-state index contributed by atoms with van der Waals surface area (Å²) in [5, 5.41) is 8.58. The molecule has 0 aliphatic carbocycles. The second kappa shape index (κ2) is 3.96. The van der Waals surface area contributed by atoms with Crippen LogP contribution in [0.2, 0.25) is 0 Å². The molecule has 1 rings (SSSR count). The van der Waals surface area contributed by atoms with Crippen molar-refractivity contribution < 1.29 is 19.5 Å². The zero-order valence-electron chi connectivity index (χ0n) is 7.57. The van der Waals surface area contributed by atoms with Crippen molar-refractivity contribution in [1.29, 1.82) is 0 Å². The molecule has 1 fully saturated rings. The Kier molecular flexibility index (Phi) is 3.10. The number of amides is 1. The van der Waals surface area contributed by atoms with Gasteiger partial charge in [0.15, 0.2) is 0 Å². The number of rotatable bonds is 4. The number of carboxylic acid groups (broad SMARTS) is 1. The second-order valence-electron chi connectivity index (χ2n) is 3.24. The molecule has 0 aromatic rings. The average molecular weight is 220 g/mol. The normalized spacial score (nSPS) is 22.9. The van der Waals surface area contributed by atoms with E-state index in [0.29, 0.717) is 0 Å². The van der Waals surface area contributed by atoms with Crippen molar-refractivity contribution in [3.05, 3.63) is 0 Å². The van der Waals surface area contributed by atoms with Crippen molar-refractivity contribution in [1.82, 2.24) is 4.90 Å². The molecule has 2 atom stereocenters. The van der Waals surface area contributed by atoms with Crippen molar-refractivity contribution >= 4 is 29.3 Å². The molecule has 1 N–H and O–H groups in total. The second-order valence-corrected chi connectivity index (χ2v) is 3.65. The van der Waals surface area contributed by atoms with Gasteiger partial charge in [0.1, 0.15) is 5.78 Å². The van der Waals surface area contributed by atoms with Gasteiger partial charge in [0.05, 0.1) is 0 Å². The average Bonchev–Trinajstić information content (AvgIpc) is 2.01. The van der Waals surface area contributed by atoms with Crippen molar-refractivity contribution in [2.75, 3.05) is 0 Å². The highest BCUT2D eigenvalue weighted by Gasteiger charge is 2.43. The van der Waals surface area contributed by atoms with Gasteiger partial charge in [-0.05, 0) is 6.92 Å². The summed E-state index contributed by atoms with van der Waals surface area (Å²) in [5.41, 5.74) is -1.36. The molecule has 1 heterocycles. The molecule has 78 valence electrons. The van der Waals surface area contributed by atoms with E-state index in [-0.39, 0.29) is 30.6 Å². The third-order valence-corrected chi connectivity index (χ3v) is 2.46. The molecule has 0 radical (unpaired) electrons. The first-order valence-electron chi connectivity index (χ1n) is 4.11. The number of likely N-dealkylation sites (tertiary alicyclic amines) is 1. The summed E-state index contributed by atoms with van der Waals surface area (Å²) in [7, 11) is 0. The van der Waals surface area contributed by atoms with Gasteiger partial charge in [0.25, 0.3) is 0 Å². The fourth-order valence-corrected chi connectivity index (χ4v) is 1.70. The van der Waals surface area contributed by atoms with Gasteiger partial charge in [-0.25, -0.2) is 4.79 Å². The van der Waals surface area contributed by atoms with Crippen LogP contribution in [-0.2, 0) is 14.4 Å². The lowest BCUT2D eigenvalue weighted by Crippen LogP contribution is -2.58. The highest BCUT2D eigenvalue weighted by molar-refractivity contribution is 6.30. The van der Waals surface area contributed by atoms with Crippen LogP contribution in [0, 0.1) is 0 Å². The van der Waals surface area contributed by atoms with E-state index in [9.17, 15) is 14.4 Å². The number of aliphatic carboxylic acids is 1. The fraction of sp³-hybridized carbons (Fsp3) is 0.625. The Morgan fingerprint density at radius 2 is 2.29 bits per heavy atom. The van der Waals surface area contributed by atoms with Crippen molar-refractivity contribution in [3.63, 3.8) is 0 Å². The molecule has 14 heavy (non-hydrogen) atoms. The van der Waals surface area contributed by atoms with E-state index in [4.69, 9.17) is 16.7 Å². The van der Waals surface area contributed by atoms with Crippen molar-refractivity contribution in [3.8, 4) is 0 Å². The van der Waals surface area contributed by atoms with Crippen LogP contribution in [0.3, 0.4) is 0 Å². The maximum absolute atomic E-state index is 11.0. The fourth-order valence-electron chi connectivity index (χ4n) is 1.43. The minimum Gasteiger partial charge on any atom is -0.479 e. The third kappa shape index (κ3) is 2.04. The Bertz CT molecular complexity index is 291. The molecule has 1 amide bonds. The van der Waals surface area contributed by atoms with E-state index in [1.165, 1.54) is 6.92 Å². The van der Waals surface area contributed by atoms with Crippen LogP contribution in [-0.4, -0.2) is 39.2 Å². The molecule has 1 aliphatic rings. The van der Waals surface area contributed by atoms with E-state index in [1.54, 1.807) is 0 Å². The molecule has 1 aliphatic heterocycles. The molecular weight excluding hydrogens is 210 g/mol. The van der Waals surface area contributed by atoms with Crippen LogP contribution in [0.25, 0.3) is 0 Å².